The van der Waals surface area contributed by atoms with Gasteiger partial charge in [-0.05, 0) is 37.0 Å². The van der Waals surface area contributed by atoms with Crippen LogP contribution in [0.2, 0.25) is 0 Å². The van der Waals surface area contributed by atoms with Crippen molar-refractivity contribution >= 4 is 6.09 Å². The molecule has 1 saturated carbocycles. The number of carbonyl (C=O) groups is 1. The second-order valence-corrected chi connectivity index (χ2v) is 8.97. The summed E-state index contributed by atoms with van der Waals surface area (Å²) in [6.07, 6.45) is 2.80. The molecule has 1 fully saturated rings. The summed E-state index contributed by atoms with van der Waals surface area (Å²) in [5, 5.41) is 4.97. The SMILES string of the molecule is COC(=O)N(Cc1nn(-c2ccccc2)c2c1CN(Cc1ccccc1F)CC2)CC1CC1. The van der Waals surface area contributed by atoms with Gasteiger partial charge in [0.25, 0.3) is 0 Å². The summed E-state index contributed by atoms with van der Waals surface area (Å²) < 4.78 is 21.3. The van der Waals surface area contributed by atoms with Crippen LogP contribution in [0.5, 0.6) is 0 Å². The number of amides is 1. The molecule has 0 atom stereocenters. The highest BCUT2D eigenvalue weighted by atomic mass is 19.1. The highest BCUT2D eigenvalue weighted by molar-refractivity contribution is 5.67. The van der Waals surface area contributed by atoms with Crippen LogP contribution in [0, 0.1) is 11.7 Å². The third-order valence-electron chi connectivity index (χ3n) is 6.52. The molecule has 172 valence electrons. The van der Waals surface area contributed by atoms with E-state index in [1.165, 1.54) is 13.2 Å². The largest absolute Gasteiger partial charge is 0.453 e. The van der Waals surface area contributed by atoms with Crippen LogP contribution in [0.3, 0.4) is 0 Å². The van der Waals surface area contributed by atoms with E-state index >= 15 is 0 Å². The molecule has 0 saturated heterocycles. The van der Waals surface area contributed by atoms with E-state index < -0.39 is 0 Å². The van der Waals surface area contributed by atoms with E-state index in [2.05, 4.69) is 4.90 Å². The van der Waals surface area contributed by atoms with Crippen LogP contribution in [0.15, 0.2) is 54.6 Å². The Morgan fingerprint density at radius 1 is 1.15 bits per heavy atom. The van der Waals surface area contributed by atoms with Gasteiger partial charge in [0.1, 0.15) is 5.82 Å². The Hall–Kier alpha value is -3.19. The molecule has 3 aromatic rings. The molecule has 2 aliphatic rings. The Bertz CT molecular complexity index is 1130. The third-order valence-corrected chi connectivity index (χ3v) is 6.52. The molecule has 0 radical (unpaired) electrons. The minimum absolute atomic E-state index is 0.176. The standard InChI is InChI=1S/C26H29FN4O2/c1-33-26(32)30(15-19-11-12-19)18-24-22-17-29(16-20-7-5-6-10-23(20)27)14-13-25(22)31(28-24)21-8-3-2-4-9-21/h2-10,19H,11-18H2,1H3. The zero-order valence-electron chi connectivity index (χ0n) is 18.9. The Kier molecular flexibility index (Phi) is 6.13. The number of hydrogen-bond donors (Lipinski definition) is 0. The van der Waals surface area contributed by atoms with E-state index in [-0.39, 0.29) is 11.9 Å². The lowest BCUT2D eigenvalue weighted by atomic mass is 10.0. The normalized spacial score (nSPS) is 15.8. The molecule has 7 heteroatoms. The Morgan fingerprint density at radius 2 is 1.91 bits per heavy atom. The summed E-state index contributed by atoms with van der Waals surface area (Å²) in [4.78, 5) is 16.5. The summed E-state index contributed by atoms with van der Waals surface area (Å²) in [7, 11) is 1.43. The maximum absolute atomic E-state index is 14.3. The average Bonchev–Trinajstić information content (AvgIpc) is 3.60. The number of carbonyl (C=O) groups excluding carboxylic acids is 1. The van der Waals surface area contributed by atoms with E-state index in [0.29, 0.717) is 37.7 Å². The van der Waals surface area contributed by atoms with Crippen LogP contribution >= 0.6 is 0 Å². The van der Waals surface area contributed by atoms with Gasteiger partial charge in [-0.25, -0.2) is 13.9 Å². The molecule has 1 aromatic heterocycles. The predicted octanol–water partition coefficient (Wildman–Crippen LogP) is 4.55. The number of rotatable bonds is 7. The second-order valence-electron chi connectivity index (χ2n) is 8.97. The van der Waals surface area contributed by atoms with E-state index in [0.717, 1.165) is 48.4 Å². The number of nitrogens with zero attached hydrogens (tertiary/aromatic N) is 4. The Morgan fingerprint density at radius 3 is 2.64 bits per heavy atom. The van der Waals surface area contributed by atoms with E-state index in [9.17, 15) is 9.18 Å². The number of hydrogen-bond acceptors (Lipinski definition) is 4. The van der Waals surface area contributed by atoms with Crippen molar-refractivity contribution in [2.24, 2.45) is 5.92 Å². The molecule has 33 heavy (non-hydrogen) atoms. The zero-order chi connectivity index (χ0) is 22.8. The first kappa shape index (κ1) is 21.6. The van der Waals surface area contributed by atoms with Gasteiger partial charge in [0.05, 0.1) is 30.7 Å². The smallest absolute Gasteiger partial charge is 0.409 e. The molecule has 2 heterocycles. The molecule has 0 unspecified atom stereocenters. The minimum Gasteiger partial charge on any atom is -0.453 e. The Labute approximate surface area is 193 Å². The molecule has 2 aromatic carbocycles. The van der Waals surface area contributed by atoms with Crippen LogP contribution in [-0.2, 0) is 30.8 Å². The van der Waals surface area contributed by atoms with Gasteiger partial charge in [-0.2, -0.15) is 5.10 Å². The lowest BCUT2D eigenvalue weighted by Gasteiger charge is -2.28. The first-order valence-corrected chi connectivity index (χ1v) is 11.6. The van der Waals surface area contributed by atoms with Crippen molar-refractivity contribution in [1.29, 1.82) is 0 Å². The molecule has 5 rings (SSSR count). The van der Waals surface area contributed by atoms with Crippen molar-refractivity contribution in [1.82, 2.24) is 19.6 Å². The van der Waals surface area contributed by atoms with Gasteiger partial charge in [0.15, 0.2) is 0 Å². The molecule has 1 amide bonds. The van der Waals surface area contributed by atoms with Crippen molar-refractivity contribution in [2.45, 2.75) is 38.9 Å². The third kappa shape index (κ3) is 4.78. The highest BCUT2D eigenvalue weighted by Gasteiger charge is 2.31. The van der Waals surface area contributed by atoms with Gasteiger partial charge in [-0.3, -0.25) is 4.90 Å². The van der Waals surface area contributed by atoms with Crippen LogP contribution < -0.4 is 0 Å². The van der Waals surface area contributed by atoms with Gasteiger partial charge in [-0.1, -0.05) is 36.4 Å². The van der Waals surface area contributed by atoms with E-state index in [1.807, 2.05) is 47.1 Å². The summed E-state index contributed by atoms with van der Waals surface area (Å²) in [6, 6.07) is 17.0. The molecular weight excluding hydrogens is 419 g/mol. The Balaban J connectivity index is 1.46. The minimum atomic E-state index is -0.316. The van der Waals surface area contributed by atoms with Crippen molar-refractivity contribution < 1.29 is 13.9 Å². The fourth-order valence-electron chi connectivity index (χ4n) is 4.58. The molecule has 0 spiro atoms. The molecule has 0 N–H and O–H groups in total. The number of aromatic nitrogens is 2. The first-order valence-electron chi connectivity index (χ1n) is 11.6. The number of para-hydroxylation sites is 1. The average molecular weight is 449 g/mol. The number of methoxy groups -OCH3 is 1. The van der Waals surface area contributed by atoms with Crippen molar-refractivity contribution in [2.75, 3.05) is 20.2 Å². The van der Waals surface area contributed by atoms with E-state index in [1.54, 1.807) is 11.0 Å². The van der Waals surface area contributed by atoms with Gasteiger partial charge >= 0.3 is 6.09 Å². The van der Waals surface area contributed by atoms with Crippen molar-refractivity contribution in [3.63, 3.8) is 0 Å². The molecule has 1 aliphatic carbocycles. The van der Waals surface area contributed by atoms with E-state index in [4.69, 9.17) is 9.84 Å². The number of halogens is 1. The lowest BCUT2D eigenvalue weighted by Crippen LogP contribution is -2.34. The highest BCUT2D eigenvalue weighted by Crippen LogP contribution is 2.32. The summed E-state index contributed by atoms with van der Waals surface area (Å²) in [5.41, 5.74) is 4.89. The van der Waals surface area contributed by atoms with Crippen LogP contribution in [-0.4, -0.2) is 45.9 Å². The summed E-state index contributed by atoms with van der Waals surface area (Å²) in [5.74, 6) is 0.374. The fourth-order valence-corrected chi connectivity index (χ4v) is 4.58. The number of fused-ring (bicyclic) bond motifs is 1. The maximum Gasteiger partial charge on any atom is 0.409 e. The number of benzene rings is 2. The quantitative estimate of drug-likeness (QED) is 0.532. The zero-order valence-corrected chi connectivity index (χ0v) is 18.9. The molecule has 1 aliphatic heterocycles. The van der Waals surface area contributed by atoms with Crippen LogP contribution in [0.4, 0.5) is 9.18 Å². The van der Waals surface area contributed by atoms with Crippen molar-refractivity contribution in [3.8, 4) is 5.69 Å². The first-order chi connectivity index (χ1) is 16.1. The summed E-state index contributed by atoms with van der Waals surface area (Å²) >= 11 is 0. The second kappa shape index (κ2) is 9.35. The maximum atomic E-state index is 14.3. The topological polar surface area (TPSA) is 50.6 Å². The monoisotopic (exact) mass is 448 g/mol. The fraction of sp³-hybridized carbons (Fsp3) is 0.385. The van der Waals surface area contributed by atoms with Crippen molar-refractivity contribution in [3.05, 3.63) is 82.9 Å². The van der Waals surface area contributed by atoms with Crippen LogP contribution in [0.1, 0.15) is 35.4 Å². The number of ether oxygens (including phenoxy) is 1. The molecular formula is C26H29FN4O2. The van der Waals surface area contributed by atoms with Gasteiger partial charge in [0.2, 0.25) is 0 Å². The molecule has 6 nitrogen and oxygen atoms in total. The lowest BCUT2D eigenvalue weighted by molar-refractivity contribution is 0.118. The van der Waals surface area contributed by atoms with Gasteiger partial charge in [-0.15, -0.1) is 0 Å². The molecule has 0 bridgehead atoms. The summed E-state index contributed by atoms with van der Waals surface area (Å²) in [6.45, 7) is 3.15. The van der Waals surface area contributed by atoms with Crippen LogP contribution in [0.25, 0.3) is 5.69 Å². The van der Waals surface area contributed by atoms with Gasteiger partial charge < -0.3 is 9.64 Å². The predicted molar refractivity (Wildman–Crippen MR) is 123 cm³/mol. The van der Waals surface area contributed by atoms with Gasteiger partial charge in [0, 0.05) is 43.7 Å².